The number of ether oxygens (including phenoxy) is 1. The van der Waals surface area contributed by atoms with Gasteiger partial charge in [0.25, 0.3) is 0 Å². The Morgan fingerprint density at radius 2 is 1.56 bits per heavy atom. The van der Waals surface area contributed by atoms with Gasteiger partial charge < -0.3 is 30.3 Å². The third-order valence-corrected chi connectivity index (χ3v) is 3.21. The number of methoxy groups -OCH3 is 1. The Morgan fingerprint density at radius 1 is 1.12 bits per heavy atom. The van der Waals surface area contributed by atoms with E-state index in [1.807, 2.05) is 0 Å². The number of aliphatic hydroxyl groups is 5. The van der Waals surface area contributed by atoms with Crippen LogP contribution in [0, 0.1) is 0 Å². The molecule has 6 nitrogen and oxygen atoms in total. The van der Waals surface area contributed by atoms with Crippen molar-refractivity contribution in [3.63, 3.8) is 0 Å². The highest BCUT2D eigenvalue weighted by molar-refractivity contribution is 5.00. The van der Waals surface area contributed by atoms with Crippen molar-refractivity contribution < 1.29 is 30.3 Å². The van der Waals surface area contributed by atoms with Gasteiger partial charge >= 0.3 is 0 Å². The molecule has 5 N–H and O–H groups in total. The number of aliphatic hydroxyl groups excluding tert-OH is 4. The quantitative estimate of drug-likeness (QED) is 0.375. The molecule has 0 rings (SSSR count). The van der Waals surface area contributed by atoms with Crippen LogP contribution in [0.3, 0.4) is 0 Å². The van der Waals surface area contributed by atoms with Gasteiger partial charge in [-0.25, -0.2) is 0 Å². The fraction of sp³-hybridized carbons (Fsp3) is 1.00. The third-order valence-electron chi connectivity index (χ3n) is 3.21. The SMILES string of the molecule is COC(C)(C)[C@@](C)(O)C(O)C(O)C(O)CO. The second kappa shape index (κ2) is 5.39. The van der Waals surface area contributed by atoms with Crippen LogP contribution in [0.1, 0.15) is 20.8 Å². The average molecular weight is 238 g/mol. The minimum Gasteiger partial charge on any atom is -0.394 e. The van der Waals surface area contributed by atoms with E-state index in [1.54, 1.807) is 0 Å². The molecule has 0 amide bonds. The van der Waals surface area contributed by atoms with Crippen LogP contribution in [0.5, 0.6) is 0 Å². The summed E-state index contributed by atoms with van der Waals surface area (Å²) in [6.45, 7) is 3.65. The van der Waals surface area contributed by atoms with Gasteiger partial charge in [0.1, 0.15) is 23.9 Å². The lowest BCUT2D eigenvalue weighted by Gasteiger charge is -2.43. The molecule has 0 saturated carbocycles. The molecule has 0 aliphatic rings. The lowest BCUT2D eigenvalue weighted by atomic mass is 9.79. The lowest BCUT2D eigenvalue weighted by Crippen LogP contribution is -2.62. The van der Waals surface area contributed by atoms with Crippen molar-refractivity contribution in [2.45, 2.75) is 50.3 Å². The van der Waals surface area contributed by atoms with E-state index in [0.29, 0.717) is 0 Å². The molecule has 0 aromatic heterocycles. The van der Waals surface area contributed by atoms with Crippen LogP contribution in [0.4, 0.5) is 0 Å². The second-order valence-corrected chi connectivity index (χ2v) is 4.55. The third kappa shape index (κ3) is 2.91. The highest BCUT2D eigenvalue weighted by atomic mass is 16.5. The Morgan fingerprint density at radius 3 is 1.88 bits per heavy atom. The first kappa shape index (κ1) is 15.8. The molecule has 3 unspecified atom stereocenters. The first-order chi connectivity index (χ1) is 7.11. The molecule has 16 heavy (non-hydrogen) atoms. The molecule has 0 aliphatic heterocycles. The summed E-state index contributed by atoms with van der Waals surface area (Å²) in [5.74, 6) is 0. The van der Waals surface area contributed by atoms with E-state index in [9.17, 15) is 20.4 Å². The molecule has 98 valence electrons. The molecule has 0 spiro atoms. The normalized spacial score (nSPS) is 22.3. The predicted octanol–water partition coefficient (Wildman–Crippen LogP) is -1.76. The van der Waals surface area contributed by atoms with E-state index in [1.165, 1.54) is 27.9 Å². The Hall–Kier alpha value is -0.240. The molecule has 0 heterocycles. The summed E-state index contributed by atoms with van der Waals surface area (Å²) in [6, 6.07) is 0. The Kier molecular flexibility index (Phi) is 5.31. The smallest absolute Gasteiger partial charge is 0.119 e. The number of hydrogen-bond acceptors (Lipinski definition) is 6. The molecule has 0 aliphatic carbocycles. The highest BCUT2D eigenvalue weighted by Gasteiger charge is 2.49. The summed E-state index contributed by atoms with van der Waals surface area (Å²) in [5, 5.41) is 47.2. The van der Waals surface area contributed by atoms with Crippen LogP contribution in [0.25, 0.3) is 0 Å². The van der Waals surface area contributed by atoms with Crippen molar-refractivity contribution in [3.8, 4) is 0 Å². The number of rotatable bonds is 6. The molecule has 0 radical (unpaired) electrons. The number of hydrogen-bond donors (Lipinski definition) is 5. The van der Waals surface area contributed by atoms with Crippen LogP contribution in [0.2, 0.25) is 0 Å². The van der Waals surface area contributed by atoms with Gasteiger partial charge in [0.05, 0.1) is 12.2 Å². The van der Waals surface area contributed by atoms with Gasteiger partial charge in [0, 0.05) is 7.11 Å². The molecule has 0 saturated heterocycles. The predicted molar refractivity (Wildman–Crippen MR) is 56.8 cm³/mol. The average Bonchev–Trinajstić information content (AvgIpc) is 2.25. The van der Waals surface area contributed by atoms with Crippen molar-refractivity contribution in [2.75, 3.05) is 13.7 Å². The Balaban J connectivity index is 4.88. The summed E-state index contributed by atoms with van der Waals surface area (Å²) in [5.41, 5.74) is -2.90. The van der Waals surface area contributed by atoms with Gasteiger partial charge in [0.15, 0.2) is 0 Å². The fourth-order valence-electron chi connectivity index (χ4n) is 1.21. The van der Waals surface area contributed by atoms with E-state index in [0.717, 1.165) is 0 Å². The van der Waals surface area contributed by atoms with E-state index in [-0.39, 0.29) is 0 Å². The minimum atomic E-state index is -1.78. The zero-order chi connectivity index (χ0) is 13.1. The standard InChI is InChI=1S/C10H22O6/c1-9(2,16-4)10(3,15)8(14)7(13)6(12)5-11/h6-8,11-15H,5H2,1-4H3/t6?,7?,8?,10-/m0/s1. The first-order valence-corrected chi connectivity index (χ1v) is 5.04. The van der Waals surface area contributed by atoms with E-state index in [4.69, 9.17) is 9.84 Å². The minimum absolute atomic E-state index is 0.707. The summed E-state index contributed by atoms with van der Waals surface area (Å²) >= 11 is 0. The van der Waals surface area contributed by atoms with E-state index < -0.39 is 36.1 Å². The monoisotopic (exact) mass is 238 g/mol. The van der Waals surface area contributed by atoms with Crippen LogP contribution in [-0.4, -0.2) is 68.8 Å². The Bertz CT molecular complexity index is 215. The zero-order valence-electron chi connectivity index (χ0n) is 10.1. The van der Waals surface area contributed by atoms with Crippen LogP contribution < -0.4 is 0 Å². The maximum Gasteiger partial charge on any atom is 0.119 e. The van der Waals surface area contributed by atoms with Crippen molar-refractivity contribution in [1.29, 1.82) is 0 Å². The maximum atomic E-state index is 10.1. The lowest BCUT2D eigenvalue weighted by molar-refractivity contribution is -0.223. The van der Waals surface area contributed by atoms with Gasteiger partial charge in [-0.05, 0) is 20.8 Å². The molecule has 0 bridgehead atoms. The van der Waals surface area contributed by atoms with Crippen molar-refractivity contribution in [3.05, 3.63) is 0 Å². The van der Waals surface area contributed by atoms with Crippen LogP contribution in [-0.2, 0) is 4.74 Å². The van der Waals surface area contributed by atoms with Gasteiger partial charge in [-0.2, -0.15) is 0 Å². The fourth-order valence-corrected chi connectivity index (χ4v) is 1.21. The van der Waals surface area contributed by atoms with Crippen LogP contribution in [0.15, 0.2) is 0 Å². The molecule has 0 fully saturated rings. The van der Waals surface area contributed by atoms with Crippen molar-refractivity contribution >= 4 is 0 Å². The van der Waals surface area contributed by atoms with Crippen molar-refractivity contribution in [2.24, 2.45) is 0 Å². The van der Waals surface area contributed by atoms with Gasteiger partial charge in [-0.1, -0.05) is 0 Å². The molecule has 4 atom stereocenters. The second-order valence-electron chi connectivity index (χ2n) is 4.55. The highest BCUT2D eigenvalue weighted by Crippen LogP contribution is 2.30. The van der Waals surface area contributed by atoms with Gasteiger partial charge in [-0.3, -0.25) is 0 Å². The van der Waals surface area contributed by atoms with Gasteiger partial charge in [0.2, 0.25) is 0 Å². The molecule has 0 aromatic carbocycles. The summed E-state index contributed by atoms with van der Waals surface area (Å²) in [6.07, 6.45) is -4.83. The zero-order valence-corrected chi connectivity index (χ0v) is 10.1. The largest absolute Gasteiger partial charge is 0.394 e. The van der Waals surface area contributed by atoms with E-state index in [2.05, 4.69) is 0 Å². The molecular formula is C10H22O6. The Labute approximate surface area is 95.1 Å². The van der Waals surface area contributed by atoms with Gasteiger partial charge in [-0.15, -0.1) is 0 Å². The maximum absolute atomic E-state index is 10.1. The topological polar surface area (TPSA) is 110 Å². The summed E-state index contributed by atoms with van der Waals surface area (Å²) in [4.78, 5) is 0. The summed E-state index contributed by atoms with van der Waals surface area (Å²) in [7, 11) is 1.36. The summed E-state index contributed by atoms with van der Waals surface area (Å²) < 4.78 is 5.02. The van der Waals surface area contributed by atoms with Crippen LogP contribution >= 0.6 is 0 Å². The molecule has 0 aromatic rings. The van der Waals surface area contributed by atoms with Crippen molar-refractivity contribution in [1.82, 2.24) is 0 Å². The molecule has 6 heteroatoms. The first-order valence-electron chi connectivity index (χ1n) is 5.04. The molecular weight excluding hydrogens is 216 g/mol. The van der Waals surface area contributed by atoms with E-state index >= 15 is 0 Å².